The summed E-state index contributed by atoms with van der Waals surface area (Å²) < 4.78 is 8.92. The molecule has 92 valence electrons. The van der Waals surface area contributed by atoms with E-state index >= 15 is 0 Å². The average molecular weight is 278 g/mol. The van der Waals surface area contributed by atoms with Gasteiger partial charge in [0.2, 0.25) is 0 Å². The standard InChI is InChI=1S/C10H9Cl2NO4/c1-16-8(14)7-5(3-6(11)12)10(7,4-13)9(15)17-2/h3,5,7H,1-2H3. The number of ether oxygens (including phenoxy) is 2. The van der Waals surface area contributed by atoms with Crippen molar-refractivity contribution in [2.75, 3.05) is 14.2 Å². The van der Waals surface area contributed by atoms with Gasteiger partial charge in [-0.25, -0.2) is 0 Å². The zero-order valence-electron chi connectivity index (χ0n) is 9.07. The number of nitrogens with zero attached hydrogens (tertiary/aromatic N) is 1. The molecule has 1 aliphatic rings. The Balaban J connectivity index is 3.13. The van der Waals surface area contributed by atoms with E-state index in [4.69, 9.17) is 28.5 Å². The van der Waals surface area contributed by atoms with Crippen LogP contribution >= 0.6 is 23.2 Å². The van der Waals surface area contributed by atoms with Gasteiger partial charge < -0.3 is 9.47 Å². The molecule has 0 heterocycles. The maximum absolute atomic E-state index is 11.6. The lowest BCUT2D eigenvalue weighted by atomic mass is 10.0. The summed E-state index contributed by atoms with van der Waals surface area (Å²) >= 11 is 10.9. The van der Waals surface area contributed by atoms with Gasteiger partial charge in [0.15, 0.2) is 5.41 Å². The summed E-state index contributed by atoms with van der Waals surface area (Å²) in [7, 11) is 2.31. The van der Waals surface area contributed by atoms with Crippen LogP contribution in [0.15, 0.2) is 10.6 Å². The Bertz CT molecular complexity index is 425. The molecule has 0 N–H and O–H groups in total. The second kappa shape index (κ2) is 4.94. The van der Waals surface area contributed by atoms with Crippen LogP contribution in [0, 0.1) is 28.6 Å². The number of carbonyl (C=O) groups is 2. The molecule has 0 aromatic carbocycles. The lowest BCUT2D eigenvalue weighted by molar-refractivity contribution is -0.150. The highest BCUT2D eigenvalue weighted by Gasteiger charge is 2.75. The SMILES string of the molecule is COC(=O)C1C(C=C(Cl)Cl)C1(C#N)C(=O)OC. The molecule has 1 saturated carbocycles. The maximum Gasteiger partial charge on any atom is 0.327 e. The first-order valence-electron chi connectivity index (χ1n) is 4.56. The molecule has 7 heteroatoms. The first-order valence-corrected chi connectivity index (χ1v) is 5.31. The molecule has 5 nitrogen and oxygen atoms in total. The van der Waals surface area contributed by atoms with Crippen LogP contribution in [-0.2, 0) is 19.1 Å². The molecule has 0 bridgehead atoms. The summed E-state index contributed by atoms with van der Waals surface area (Å²) in [6.07, 6.45) is 1.27. The van der Waals surface area contributed by atoms with Gasteiger partial charge in [0.1, 0.15) is 4.49 Å². The lowest BCUT2D eigenvalue weighted by Gasteiger charge is -2.04. The van der Waals surface area contributed by atoms with Crippen molar-refractivity contribution in [1.29, 1.82) is 5.26 Å². The molecule has 0 aromatic heterocycles. The topological polar surface area (TPSA) is 76.4 Å². The van der Waals surface area contributed by atoms with Crippen LogP contribution in [0.2, 0.25) is 0 Å². The summed E-state index contributed by atoms with van der Waals surface area (Å²) in [5.74, 6) is -3.13. The number of esters is 2. The molecule has 0 aliphatic heterocycles. The number of hydrogen-bond acceptors (Lipinski definition) is 5. The van der Waals surface area contributed by atoms with E-state index in [0.29, 0.717) is 0 Å². The van der Waals surface area contributed by atoms with Gasteiger partial charge in [-0.1, -0.05) is 23.2 Å². The van der Waals surface area contributed by atoms with Crippen LogP contribution in [0.5, 0.6) is 0 Å². The fourth-order valence-electron chi connectivity index (χ4n) is 1.86. The lowest BCUT2D eigenvalue weighted by Crippen LogP contribution is -2.22. The van der Waals surface area contributed by atoms with Gasteiger partial charge in [-0.3, -0.25) is 9.59 Å². The maximum atomic E-state index is 11.6. The van der Waals surface area contributed by atoms with E-state index in [1.54, 1.807) is 6.07 Å². The number of methoxy groups -OCH3 is 2. The number of halogens is 2. The van der Waals surface area contributed by atoms with Crippen LogP contribution in [0.25, 0.3) is 0 Å². The molecule has 0 saturated heterocycles. The third kappa shape index (κ3) is 2.11. The van der Waals surface area contributed by atoms with Crippen LogP contribution in [-0.4, -0.2) is 26.2 Å². The van der Waals surface area contributed by atoms with Crippen molar-refractivity contribution >= 4 is 35.1 Å². The molecule has 0 amide bonds. The van der Waals surface area contributed by atoms with Crippen LogP contribution < -0.4 is 0 Å². The molecule has 0 spiro atoms. The van der Waals surface area contributed by atoms with Crippen molar-refractivity contribution < 1.29 is 19.1 Å². The van der Waals surface area contributed by atoms with Crippen molar-refractivity contribution in [2.24, 2.45) is 17.3 Å². The number of allylic oxidation sites excluding steroid dienone is 1. The highest BCUT2D eigenvalue weighted by atomic mass is 35.5. The first kappa shape index (κ1) is 13.8. The second-order valence-electron chi connectivity index (χ2n) is 3.46. The molecule has 1 aliphatic carbocycles. The predicted octanol–water partition coefficient (Wildman–Crippen LogP) is 1.41. The minimum Gasteiger partial charge on any atom is -0.469 e. The first-order chi connectivity index (χ1) is 7.95. The summed E-state index contributed by atoms with van der Waals surface area (Å²) in [5.41, 5.74) is -1.59. The summed E-state index contributed by atoms with van der Waals surface area (Å²) in [4.78, 5) is 23.0. The largest absolute Gasteiger partial charge is 0.469 e. The Hall–Kier alpha value is -1.25. The number of carbonyl (C=O) groups excluding carboxylic acids is 2. The van der Waals surface area contributed by atoms with Gasteiger partial charge in [0.25, 0.3) is 0 Å². The Kier molecular flexibility index (Phi) is 4.02. The Labute approximate surface area is 108 Å². The molecule has 1 rings (SSSR count). The molecular weight excluding hydrogens is 269 g/mol. The Morgan fingerprint density at radius 1 is 1.35 bits per heavy atom. The minimum absolute atomic E-state index is 0.120. The Morgan fingerprint density at radius 3 is 2.29 bits per heavy atom. The zero-order chi connectivity index (χ0) is 13.2. The third-order valence-corrected chi connectivity index (χ3v) is 2.99. The molecule has 3 atom stereocenters. The van der Waals surface area contributed by atoms with Crippen molar-refractivity contribution in [1.82, 2.24) is 0 Å². The van der Waals surface area contributed by atoms with Crippen molar-refractivity contribution in [3.63, 3.8) is 0 Å². The van der Waals surface area contributed by atoms with Gasteiger partial charge in [0.05, 0.1) is 26.2 Å². The van der Waals surface area contributed by atoms with Crippen molar-refractivity contribution in [3.05, 3.63) is 10.6 Å². The number of rotatable bonds is 3. The minimum atomic E-state index is -1.59. The normalized spacial score (nSPS) is 29.8. The molecule has 1 fully saturated rings. The summed E-state index contributed by atoms with van der Waals surface area (Å²) in [6.45, 7) is 0. The molecule has 0 radical (unpaired) electrons. The van der Waals surface area contributed by atoms with E-state index in [0.717, 1.165) is 7.11 Å². The molecule has 17 heavy (non-hydrogen) atoms. The van der Waals surface area contributed by atoms with Gasteiger partial charge in [0, 0.05) is 5.92 Å². The van der Waals surface area contributed by atoms with Crippen molar-refractivity contribution in [2.45, 2.75) is 0 Å². The highest BCUT2D eigenvalue weighted by Crippen LogP contribution is 2.61. The van der Waals surface area contributed by atoms with E-state index in [1.165, 1.54) is 13.2 Å². The summed E-state index contributed by atoms with van der Waals surface area (Å²) in [6, 6.07) is 1.79. The quantitative estimate of drug-likeness (QED) is 0.729. The van der Waals surface area contributed by atoms with E-state index in [1.807, 2.05) is 0 Å². The highest BCUT2D eigenvalue weighted by molar-refractivity contribution is 6.55. The van der Waals surface area contributed by atoms with E-state index in [2.05, 4.69) is 9.47 Å². The Morgan fingerprint density at radius 2 is 1.94 bits per heavy atom. The van der Waals surface area contributed by atoms with Crippen LogP contribution in [0.4, 0.5) is 0 Å². The molecular formula is C10H9Cl2NO4. The second-order valence-corrected chi connectivity index (χ2v) is 4.46. The fraction of sp³-hybridized carbons (Fsp3) is 0.500. The zero-order valence-corrected chi connectivity index (χ0v) is 10.6. The average Bonchev–Trinajstić information content (AvgIpc) is 2.94. The van der Waals surface area contributed by atoms with Crippen LogP contribution in [0.3, 0.4) is 0 Å². The van der Waals surface area contributed by atoms with E-state index in [9.17, 15) is 9.59 Å². The van der Waals surface area contributed by atoms with Gasteiger partial charge >= 0.3 is 11.9 Å². The molecule has 3 unspecified atom stereocenters. The van der Waals surface area contributed by atoms with Gasteiger partial charge in [-0.2, -0.15) is 5.26 Å². The predicted molar refractivity (Wildman–Crippen MR) is 58.8 cm³/mol. The summed E-state index contributed by atoms with van der Waals surface area (Å²) in [5, 5.41) is 9.08. The van der Waals surface area contributed by atoms with Gasteiger partial charge in [-0.15, -0.1) is 0 Å². The van der Waals surface area contributed by atoms with E-state index < -0.39 is 29.2 Å². The van der Waals surface area contributed by atoms with Crippen LogP contribution in [0.1, 0.15) is 0 Å². The monoisotopic (exact) mass is 277 g/mol. The molecule has 0 aromatic rings. The van der Waals surface area contributed by atoms with E-state index in [-0.39, 0.29) is 4.49 Å². The fourth-order valence-corrected chi connectivity index (χ4v) is 2.13. The number of nitriles is 1. The third-order valence-electron chi connectivity index (χ3n) is 2.74. The smallest absolute Gasteiger partial charge is 0.327 e. The number of hydrogen-bond donors (Lipinski definition) is 0. The van der Waals surface area contributed by atoms with Crippen molar-refractivity contribution in [3.8, 4) is 6.07 Å². The van der Waals surface area contributed by atoms with Gasteiger partial charge in [-0.05, 0) is 6.08 Å².